The van der Waals surface area contributed by atoms with Crippen LogP contribution in [0, 0.1) is 0 Å². The second-order valence-electron chi connectivity index (χ2n) is 3.92. The molecule has 5 nitrogen and oxygen atoms in total. The summed E-state index contributed by atoms with van der Waals surface area (Å²) in [5.74, 6) is -0.103. The maximum atomic E-state index is 11.9. The Morgan fingerprint density at radius 3 is 3.06 bits per heavy atom. The summed E-state index contributed by atoms with van der Waals surface area (Å²) in [4.78, 5) is 11.9. The van der Waals surface area contributed by atoms with Gasteiger partial charge in [-0.2, -0.15) is 5.10 Å². The summed E-state index contributed by atoms with van der Waals surface area (Å²) in [6.45, 7) is 0.965. The van der Waals surface area contributed by atoms with Crippen LogP contribution in [0.4, 0.5) is 0 Å². The lowest BCUT2D eigenvalue weighted by molar-refractivity contribution is 0.0950. The molecule has 1 aromatic heterocycles. The number of hydrogen-bond donors (Lipinski definition) is 2. The first-order chi connectivity index (χ1) is 8.79. The number of carbonyl (C=O) groups excluding carboxylic acids is 1. The number of nitrogens with zero attached hydrogens (tertiary/aromatic N) is 1. The first-order valence-electron chi connectivity index (χ1n) is 5.63. The predicted molar refractivity (Wildman–Crippen MR) is 66.9 cm³/mol. The fourth-order valence-electron chi connectivity index (χ4n) is 1.63. The third-order valence-electron chi connectivity index (χ3n) is 2.51. The number of aromatic amines is 1. The van der Waals surface area contributed by atoms with Crippen molar-refractivity contribution >= 4 is 5.91 Å². The summed E-state index contributed by atoms with van der Waals surface area (Å²) in [5, 5.41) is 9.35. The first-order valence-corrected chi connectivity index (χ1v) is 5.63. The number of ether oxygens (including phenoxy) is 1. The second-order valence-corrected chi connectivity index (χ2v) is 3.92. The quantitative estimate of drug-likeness (QED) is 0.838. The summed E-state index contributed by atoms with van der Waals surface area (Å²) in [7, 11) is 1.63. The molecule has 2 N–H and O–H groups in total. The van der Waals surface area contributed by atoms with Gasteiger partial charge in [0, 0.05) is 31.0 Å². The van der Waals surface area contributed by atoms with Crippen LogP contribution in [0.3, 0.4) is 0 Å². The van der Waals surface area contributed by atoms with E-state index in [1.807, 2.05) is 18.2 Å². The van der Waals surface area contributed by atoms with Gasteiger partial charge in [0.25, 0.3) is 5.91 Å². The van der Waals surface area contributed by atoms with Crippen molar-refractivity contribution in [1.29, 1.82) is 0 Å². The average Bonchev–Trinajstić information content (AvgIpc) is 2.90. The van der Waals surface area contributed by atoms with E-state index in [1.54, 1.807) is 25.6 Å². The Balaban J connectivity index is 1.97. The average molecular weight is 245 g/mol. The van der Waals surface area contributed by atoms with Crippen molar-refractivity contribution in [1.82, 2.24) is 15.5 Å². The maximum Gasteiger partial charge on any atom is 0.251 e. The standard InChI is InChI=1S/C13H15N3O2/c1-18-9-10-3-2-4-12(5-10)13(17)14-6-11-7-15-16-8-11/h2-5,7-8H,6,9H2,1H3,(H,14,17)(H,15,16). The molecule has 0 radical (unpaired) electrons. The van der Waals surface area contributed by atoms with Gasteiger partial charge in [0.05, 0.1) is 12.8 Å². The molecule has 0 saturated heterocycles. The van der Waals surface area contributed by atoms with Gasteiger partial charge in [0.15, 0.2) is 0 Å². The number of aromatic nitrogens is 2. The Morgan fingerprint density at radius 1 is 1.44 bits per heavy atom. The van der Waals surface area contributed by atoms with E-state index < -0.39 is 0 Å². The van der Waals surface area contributed by atoms with E-state index in [2.05, 4.69) is 15.5 Å². The Kier molecular flexibility index (Phi) is 4.09. The van der Waals surface area contributed by atoms with Crippen molar-refractivity contribution < 1.29 is 9.53 Å². The lowest BCUT2D eigenvalue weighted by Gasteiger charge is -2.05. The molecule has 0 aliphatic carbocycles. The number of amides is 1. The molecule has 0 unspecified atom stereocenters. The molecule has 0 bridgehead atoms. The third-order valence-corrected chi connectivity index (χ3v) is 2.51. The monoisotopic (exact) mass is 245 g/mol. The topological polar surface area (TPSA) is 67.0 Å². The molecule has 0 spiro atoms. The smallest absolute Gasteiger partial charge is 0.251 e. The molecule has 0 saturated carbocycles. The highest BCUT2D eigenvalue weighted by Gasteiger charge is 2.06. The molecular formula is C13H15N3O2. The van der Waals surface area contributed by atoms with E-state index in [4.69, 9.17) is 4.74 Å². The van der Waals surface area contributed by atoms with Gasteiger partial charge in [-0.05, 0) is 17.7 Å². The summed E-state index contributed by atoms with van der Waals surface area (Å²) in [6, 6.07) is 7.38. The third kappa shape index (κ3) is 3.18. The van der Waals surface area contributed by atoms with Gasteiger partial charge in [-0.15, -0.1) is 0 Å². The minimum atomic E-state index is -0.103. The Bertz CT molecular complexity index is 509. The van der Waals surface area contributed by atoms with Crippen molar-refractivity contribution in [2.75, 3.05) is 7.11 Å². The van der Waals surface area contributed by atoms with Crippen molar-refractivity contribution in [2.45, 2.75) is 13.2 Å². The highest BCUT2D eigenvalue weighted by molar-refractivity contribution is 5.94. The summed E-state index contributed by atoms with van der Waals surface area (Å²) in [6.07, 6.45) is 3.43. The van der Waals surface area contributed by atoms with Crippen LogP contribution in [-0.4, -0.2) is 23.2 Å². The highest BCUT2D eigenvalue weighted by atomic mass is 16.5. The van der Waals surface area contributed by atoms with Crippen LogP contribution in [0.5, 0.6) is 0 Å². The van der Waals surface area contributed by atoms with E-state index >= 15 is 0 Å². The number of H-pyrrole nitrogens is 1. The molecule has 1 amide bonds. The van der Waals surface area contributed by atoms with Crippen molar-refractivity contribution in [3.8, 4) is 0 Å². The fourth-order valence-corrected chi connectivity index (χ4v) is 1.63. The van der Waals surface area contributed by atoms with Crippen LogP contribution in [0.1, 0.15) is 21.5 Å². The summed E-state index contributed by atoms with van der Waals surface area (Å²) in [5.41, 5.74) is 2.55. The number of nitrogens with one attached hydrogen (secondary N) is 2. The van der Waals surface area contributed by atoms with Crippen molar-refractivity contribution in [2.24, 2.45) is 0 Å². The number of rotatable bonds is 5. The van der Waals surface area contributed by atoms with E-state index in [-0.39, 0.29) is 5.91 Å². The molecule has 0 aliphatic heterocycles. The van der Waals surface area contributed by atoms with Crippen LogP contribution in [0.15, 0.2) is 36.7 Å². The van der Waals surface area contributed by atoms with E-state index in [0.29, 0.717) is 18.7 Å². The van der Waals surface area contributed by atoms with Gasteiger partial charge >= 0.3 is 0 Å². The lowest BCUT2D eigenvalue weighted by Crippen LogP contribution is -2.22. The number of hydrogen-bond acceptors (Lipinski definition) is 3. The summed E-state index contributed by atoms with van der Waals surface area (Å²) < 4.78 is 5.04. The lowest BCUT2D eigenvalue weighted by atomic mass is 10.1. The molecule has 2 rings (SSSR count). The van der Waals surface area contributed by atoms with E-state index in [0.717, 1.165) is 11.1 Å². The number of benzene rings is 1. The van der Waals surface area contributed by atoms with Crippen LogP contribution < -0.4 is 5.32 Å². The van der Waals surface area contributed by atoms with E-state index in [9.17, 15) is 4.79 Å². The van der Waals surface area contributed by atoms with E-state index in [1.165, 1.54) is 0 Å². The molecule has 0 aliphatic rings. The molecule has 1 heterocycles. The molecule has 5 heteroatoms. The van der Waals surface area contributed by atoms with Crippen molar-refractivity contribution in [3.63, 3.8) is 0 Å². The predicted octanol–water partition coefficient (Wildman–Crippen LogP) is 1.49. The second kappa shape index (κ2) is 5.97. The van der Waals surface area contributed by atoms with Gasteiger partial charge in [-0.3, -0.25) is 9.89 Å². The molecule has 0 atom stereocenters. The minimum Gasteiger partial charge on any atom is -0.380 e. The maximum absolute atomic E-state index is 11.9. The minimum absolute atomic E-state index is 0.103. The Morgan fingerprint density at radius 2 is 2.33 bits per heavy atom. The normalized spacial score (nSPS) is 10.3. The van der Waals surface area contributed by atoms with Crippen LogP contribution in [0.2, 0.25) is 0 Å². The molecule has 2 aromatic rings. The van der Waals surface area contributed by atoms with Gasteiger partial charge in [0.1, 0.15) is 0 Å². The Labute approximate surface area is 105 Å². The fraction of sp³-hybridized carbons (Fsp3) is 0.231. The highest BCUT2D eigenvalue weighted by Crippen LogP contribution is 2.06. The van der Waals surface area contributed by atoms with Crippen LogP contribution in [-0.2, 0) is 17.9 Å². The van der Waals surface area contributed by atoms with Gasteiger partial charge in [-0.1, -0.05) is 12.1 Å². The number of carbonyl (C=O) groups is 1. The van der Waals surface area contributed by atoms with Crippen LogP contribution >= 0.6 is 0 Å². The largest absolute Gasteiger partial charge is 0.380 e. The Hall–Kier alpha value is -2.14. The van der Waals surface area contributed by atoms with Crippen molar-refractivity contribution in [3.05, 3.63) is 53.3 Å². The molecular weight excluding hydrogens is 230 g/mol. The zero-order valence-electron chi connectivity index (χ0n) is 10.1. The zero-order chi connectivity index (χ0) is 12.8. The number of methoxy groups -OCH3 is 1. The summed E-state index contributed by atoms with van der Waals surface area (Å²) >= 11 is 0. The van der Waals surface area contributed by atoms with Gasteiger partial charge < -0.3 is 10.1 Å². The zero-order valence-corrected chi connectivity index (χ0v) is 10.1. The molecule has 0 fully saturated rings. The van der Waals surface area contributed by atoms with Gasteiger partial charge in [0.2, 0.25) is 0 Å². The molecule has 18 heavy (non-hydrogen) atoms. The van der Waals surface area contributed by atoms with Gasteiger partial charge in [-0.25, -0.2) is 0 Å². The SMILES string of the molecule is COCc1cccc(C(=O)NCc2cn[nH]c2)c1. The van der Waals surface area contributed by atoms with Crippen LogP contribution in [0.25, 0.3) is 0 Å². The molecule has 1 aromatic carbocycles. The first kappa shape index (κ1) is 12.3. The molecule has 94 valence electrons.